The third-order valence-corrected chi connectivity index (χ3v) is 4.40. The third kappa shape index (κ3) is 5.79. The molecule has 1 amide bonds. The number of nitrogens with zero attached hydrogens (tertiary/aromatic N) is 1. The van der Waals surface area contributed by atoms with Gasteiger partial charge in [0, 0.05) is 11.6 Å². The van der Waals surface area contributed by atoms with Gasteiger partial charge >= 0.3 is 0 Å². The van der Waals surface area contributed by atoms with E-state index in [1.807, 2.05) is 19.1 Å². The van der Waals surface area contributed by atoms with Crippen molar-refractivity contribution in [3.05, 3.63) is 69.8 Å². The first-order chi connectivity index (χ1) is 11.7. The molecule has 0 fully saturated rings. The number of benzene rings is 2. The van der Waals surface area contributed by atoms with Gasteiger partial charge in [-0.2, -0.15) is 0 Å². The maximum Gasteiger partial charge on any atom is 0.273 e. The monoisotopic (exact) mass is 534 g/mol. The van der Waals surface area contributed by atoms with Crippen LogP contribution in [0.3, 0.4) is 0 Å². The number of nitrogens with one attached hydrogen (secondary N) is 1. The number of amides is 1. The van der Waals surface area contributed by atoms with Crippen LogP contribution >= 0.6 is 47.8 Å². The van der Waals surface area contributed by atoms with Crippen molar-refractivity contribution in [1.29, 1.82) is 0 Å². The molecular weight excluding hydrogens is 524 g/mol. The predicted molar refractivity (Wildman–Crippen MR) is 106 cm³/mol. The number of aryl methyl sites for hydroxylation is 1. The molecular formula is C16H13Br3N2O4. The molecule has 9 heteroatoms. The summed E-state index contributed by atoms with van der Waals surface area (Å²) in [6.07, 6.45) is -0.900. The van der Waals surface area contributed by atoms with E-state index in [4.69, 9.17) is 4.74 Å². The molecule has 25 heavy (non-hydrogen) atoms. The van der Waals surface area contributed by atoms with Crippen LogP contribution in [0.15, 0.2) is 48.5 Å². The highest BCUT2D eigenvalue weighted by Gasteiger charge is 2.35. The van der Waals surface area contributed by atoms with Crippen molar-refractivity contribution < 1.29 is 14.5 Å². The van der Waals surface area contributed by atoms with E-state index in [0.717, 1.165) is 5.56 Å². The molecule has 0 aromatic heterocycles. The molecule has 2 rings (SSSR count). The maximum atomic E-state index is 12.4. The second kappa shape index (κ2) is 8.29. The van der Waals surface area contributed by atoms with Crippen molar-refractivity contribution >= 4 is 59.4 Å². The third-order valence-electron chi connectivity index (χ3n) is 3.16. The summed E-state index contributed by atoms with van der Waals surface area (Å²) in [5.41, 5.74) is 1.40. The van der Waals surface area contributed by atoms with Crippen molar-refractivity contribution in [3.8, 4) is 5.75 Å². The van der Waals surface area contributed by atoms with Gasteiger partial charge in [-0.3, -0.25) is 14.9 Å². The number of rotatable bonds is 5. The van der Waals surface area contributed by atoms with E-state index in [1.165, 1.54) is 18.2 Å². The van der Waals surface area contributed by atoms with E-state index in [2.05, 4.69) is 53.1 Å². The Kier molecular flexibility index (Phi) is 6.59. The van der Waals surface area contributed by atoms with E-state index < -0.39 is 13.3 Å². The fourth-order valence-electron chi connectivity index (χ4n) is 1.89. The van der Waals surface area contributed by atoms with Gasteiger partial charge in [0.1, 0.15) is 5.75 Å². The van der Waals surface area contributed by atoms with Crippen molar-refractivity contribution in [2.45, 2.75) is 15.3 Å². The van der Waals surface area contributed by atoms with Crippen molar-refractivity contribution in [2.75, 3.05) is 0 Å². The summed E-state index contributed by atoms with van der Waals surface area (Å²) in [5.74, 6) is -0.107. The molecule has 132 valence electrons. The number of alkyl halides is 3. The Labute approximate surface area is 169 Å². The van der Waals surface area contributed by atoms with Gasteiger partial charge in [0.2, 0.25) is 6.23 Å². The first kappa shape index (κ1) is 19.9. The summed E-state index contributed by atoms with van der Waals surface area (Å²) >= 11 is 9.97. The summed E-state index contributed by atoms with van der Waals surface area (Å²) in [6.45, 7) is 1.93. The van der Waals surface area contributed by atoms with Crippen LogP contribution in [0.5, 0.6) is 5.75 Å². The van der Waals surface area contributed by atoms with Gasteiger partial charge < -0.3 is 10.1 Å². The highest BCUT2D eigenvalue weighted by atomic mass is 80.0. The summed E-state index contributed by atoms with van der Waals surface area (Å²) in [7, 11) is 0. The highest BCUT2D eigenvalue weighted by Crippen LogP contribution is 2.38. The molecule has 6 nitrogen and oxygen atoms in total. The number of carbonyl (C=O) groups excluding carboxylic acids is 1. The first-order valence-corrected chi connectivity index (χ1v) is 9.40. The lowest BCUT2D eigenvalue weighted by Gasteiger charge is -2.27. The van der Waals surface area contributed by atoms with E-state index in [0.29, 0.717) is 5.56 Å². The van der Waals surface area contributed by atoms with Crippen molar-refractivity contribution in [2.24, 2.45) is 0 Å². The van der Waals surface area contributed by atoms with Gasteiger partial charge in [-0.1, -0.05) is 71.6 Å². The fraction of sp³-hybridized carbons (Fsp3) is 0.188. The van der Waals surface area contributed by atoms with Crippen LogP contribution in [-0.4, -0.2) is 19.2 Å². The summed E-state index contributed by atoms with van der Waals surface area (Å²) in [6, 6.07) is 12.8. The molecule has 0 saturated heterocycles. The molecule has 0 bridgehead atoms. The number of non-ortho nitro benzene ring substituents is 1. The number of ether oxygens (including phenoxy) is 1. The Morgan fingerprint density at radius 1 is 1.20 bits per heavy atom. The second-order valence-corrected chi connectivity index (χ2v) is 12.1. The minimum absolute atomic E-state index is 0.106. The Morgan fingerprint density at radius 2 is 1.84 bits per heavy atom. The summed E-state index contributed by atoms with van der Waals surface area (Å²) in [5, 5.41) is 13.6. The normalized spacial score (nSPS) is 12.3. The molecule has 0 aliphatic heterocycles. The van der Waals surface area contributed by atoms with Gasteiger partial charge in [-0.25, -0.2) is 0 Å². The summed E-state index contributed by atoms with van der Waals surface area (Å²) in [4.78, 5) is 22.8. The first-order valence-electron chi connectivity index (χ1n) is 7.02. The van der Waals surface area contributed by atoms with Crippen LogP contribution in [-0.2, 0) is 0 Å². The van der Waals surface area contributed by atoms with Crippen molar-refractivity contribution in [1.82, 2.24) is 5.32 Å². The van der Waals surface area contributed by atoms with Crippen LogP contribution < -0.4 is 10.1 Å². The predicted octanol–water partition coefficient (Wildman–Crippen LogP) is 4.88. The van der Waals surface area contributed by atoms with Gasteiger partial charge in [-0.05, 0) is 25.1 Å². The lowest BCUT2D eigenvalue weighted by molar-refractivity contribution is -0.384. The van der Waals surface area contributed by atoms with Gasteiger partial charge in [-0.15, -0.1) is 0 Å². The van der Waals surface area contributed by atoms with Crippen LogP contribution in [0, 0.1) is 17.0 Å². The molecule has 0 aliphatic carbocycles. The zero-order valence-corrected chi connectivity index (χ0v) is 17.7. The molecule has 0 aliphatic rings. The highest BCUT2D eigenvalue weighted by molar-refractivity contribution is 9.39. The van der Waals surface area contributed by atoms with E-state index in [9.17, 15) is 14.9 Å². The van der Waals surface area contributed by atoms with E-state index in [-0.39, 0.29) is 17.3 Å². The Bertz CT molecular complexity index is 776. The molecule has 1 atom stereocenters. The molecule has 0 spiro atoms. The molecule has 2 aromatic carbocycles. The van der Waals surface area contributed by atoms with Gasteiger partial charge in [0.15, 0.2) is 2.14 Å². The quantitative estimate of drug-likeness (QED) is 0.256. The number of hydrogen-bond donors (Lipinski definition) is 1. The van der Waals surface area contributed by atoms with Crippen molar-refractivity contribution in [3.63, 3.8) is 0 Å². The van der Waals surface area contributed by atoms with Gasteiger partial charge in [0.25, 0.3) is 11.6 Å². The molecule has 0 radical (unpaired) electrons. The number of halogens is 3. The van der Waals surface area contributed by atoms with Crippen LogP contribution in [0.25, 0.3) is 0 Å². The molecule has 0 unspecified atom stereocenters. The zero-order chi connectivity index (χ0) is 18.6. The second-order valence-electron chi connectivity index (χ2n) is 5.13. The Balaban J connectivity index is 2.19. The standard InChI is InChI=1S/C16H13Br3N2O4/c1-10-5-7-11(8-6-10)14(22)20-15(16(17,18)19)25-13-4-2-3-12(9-13)21(23)24/h2-9,15H,1H3,(H,20,22)/t15-/m1/s1. The smallest absolute Gasteiger partial charge is 0.273 e. The molecule has 0 saturated carbocycles. The number of hydrogen-bond acceptors (Lipinski definition) is 4. The zero-order valence-electron chi connectivity index (χ0n) is 12.9. The number of nitro groups is 1. The SMILES string of the molecule is Cc1ccc(C(=O)N[C@H](Oc2cccc([N+](=O)[O-])c2)C(Br)(Br)Br)cc1. The lowest BCUT2D eigenvalue weighted by atomic mass is 10.1. The minimum Gasteiger partial charge on any atom is -0.467 e. The van der Waals surface area contributed by atoms with E-state index in [1.54, 1.807) is 18.2 Å². The largest absolute Gasteiger partial charge is 0.467 e. The number of nitro benzene ring substituents is 1. The van der Waals surface area contributed by atoms with E-state index >= 15 is 0 Å². The van der Waals surface area contributed by atoms with Crippen LogP contribution in [0.4, 0.5) is 5.69 Å². The van der Waals surface area contributed by atoms with Gasteiger partial charge in [0.05, 0.1) is 11.0 Å². The summed E-state index contributed by atoms with van der Waals surface area (Å²) < 4.78 is 4.73. The lowest BCUT2D eigenvalue weighted by Crippen LogP contribution is -2.47. The van der Waals surface area contributed by atoms with Crippen LogP contribution in [0.1, 0.15) is 15.9 Å². The average molecular weight is 537 g/mol. The Morgan fingerprint density at radius 3 is 2.40 bits per heavy atom. The molecule has 1 N–H and O–H groups in total. The molecule has 0 heterocycles. The number of carbonyl (C=O) groups is 1. The minimum atomic E-state index is -0.974. The molecule has 2 aromatic rings. The van der Waals surface area contributed by atoms with Crippen LogP contribution in [0.2, 0.25) is 0 Å². The fourth-order valence-corrected chi connectivity index (χ4v) is 2.52. The maximum absolute atomic E-state index is 12.4. The topological polar surface area (TPSA) is 81.5 Å². The average Bonchev–Trinajstić information content (AvgIpc) is 2.54. The Hall–Kier alpha value is -1.45.